The topological polar surface area (TPSA) is 63.6 Å². The molecule has 0 aliphatic heterocycles. The van der Waals surface area contributed by atoms with Crippen molar-refractivity contribution in [3.63, 3.8) is 0 Å². The Morgan fingerprint density at radius 3 is 1.90 bits per heavy atom. The smallest absolute Gasteiger partial charge is 0.334 e. The van der Waals surface area contributed by atoms with Gasteiger partial charge < -0.3 is 9.84 Å². The molecule has 1 aliphatic rings. The first-order chi connectivity index (χ1) is 13.9. The number of carboxylic acid groups (broad SMARTS) is 1. The van der Waals surface area contributed by atoms with Crippen molar-refractivity contribution in [2.45, 2.75) is 124 Å². The van der Waals surface area contributed by atoms with Crippen LogP contribution in [0.2, 0.25) is 0 Å². The van der Waals surface area contributed by atoms with Crippen LogP contribution in [0.4, 0.5) is 0 Å². The molecule has 0 aromatic carbocycles. The lowest BCUT2D eigenvalue weighted by Gasteiger charge is -2.25. The van der Waals surface area contributed by atoms with Crippen LogP contribution in [-0.4, -0.2) is 23.1 Å². The molecule has 168 valence electrons. The highest BCUT2D eigenvalue weighted by atomic mass is 16.5. The van der Waals surface area contributed by atoms with Gasteiger partial charge in [0, 0.05) is 11.1 Å². The van der Waals surface area contributed by atoms with E-state index in [1.54, 1.807) is 0 Å². The molecule has 0 fully saturated rings. The van der Waals surface area contributed by atoms with Crippen LogP contribution in [0.15, 0.2) is 11.1 Å². The highest BCUT2D eigenvalue weighted by Gasteiger charge is 2.28. The summed E-state index contributed by atoms with van der Waals surface area (Å²) in [7, 11) is 0. The van der Waals surface area contributed by atoms with E-state index in [4.69, 9.17) is 4.74 Å². The van der Waals surface area contributed by atoms with E-state index in [9.17, 15) is 14.7 Å². The second-order valence-corrected chi connectivity index (χ2v) is 9.24. The molecule has 0 aromatic heterocycles. The minimum absolute atomic E-state index is 0.108. The van der Waals surface area contributed by atoms with Gasteiger partial charge in [-0.25, -0.2) is 9.59 Å². The second kappa shape index (κ2) is 14.6. The molecular formula is C25H44O4. The molecule has 0 heterocycles. The molecule has 2 unspecified atom stereocenters. The van der Waals surface area contributed by atoms with E-state index >= 15 is 0 Å². The van der Waals surface area contributed by atoms with Gasteiger partial charge in [-0.2, -0.15) is 0 Å². The van der Waals surface area contributed by atoms with Crippen molar-refractivity contribution in [1.29, 1.82) is 0 Å². The fourth-order valence-electron chi connectivity index (χ4n) is 4.08. The summed E-state index contributed by atoms with van der Waals surface area (Å²) in [5.41, 5.74) is 0.667. The molecule has 4 heteroatoms. The fourth-order valence-corrected chi connectivity index (χ4v) is 4.08. The summed E-state index contributed by atoms with van der Waals surface area (Å²) in [5.74, 6) is -0.249. The first-order valence-corrected chi connectivity index (χ1v) is 12.0. The lowest BCUT2D eigenvalue weighted by atomic mass is 9.91. The van der Waals surface area contributed by atoms with Crippen LogP contribution >= 0.6 is 0 Å². The SMILES string of the molecule is CCC(C)C(CCCCCCCCCC(C)C)OC(=O)C1=C(C(=O)O)CCCC1. The molecular weight excluding hydrogens is 364 g/mol. The molecule has 0 aromatic rings. The van der Waals surface area contributed by atoms with Gasteiger partial charge in [0.1, 0.15) is 6.10 Å². The first kappa shape index (κ1) is 25.7. The predicted octanol–water partition coefficient (Wildman–Crippen LogP) is 7.07. The van der Waals surface area contributed by atoms with Crippen LogP contribution in [0.1, 0.15) is 118 Å². The van der Waals surface area contributed by atoms with Crippen LogP contribution in [0.25, 0.3) is 0 Å². The van der Waals surface area contributed by atoms with Crippen molar-refractivity contribution >= 4 is 11.9 Å². The number of hydrogen-bond acceptors (Lipinski definition) is 3. The van der Waals surface area contributed by atoms with Crippen LogP contribution < -0.4 is 0 Å². The number of rotatable bonds is 15. The fraction of sp³-hybridized carbons (Fsp3) is 0.840. The molecule has 0 saturated carbocycles. The first-order valence-electron chi connectivity index (χ1n) is 12.0. The van der Waals surface area contributed by atoms with Crippen LogP contribution in [0.5, 0.6) is 0 Å². The van der Waals surface area contributed by atoms with Gasteiger partial charge in [-0.3, -0.25) is 0 Å². The maximum absolute atomic E-state index is 12.7. The molecule has 4 nitrogen and oxygen atoms in total. The van der Waals surface area contributed by atoms with E-state index < -0.39 is 11.9 Å². The number of carbonyl (C=O) groups is 2. The Bertz CT molecular complexity index is 521. The number of carbonyl (C=O) groups excluding carboxylic acids is 1. The Morgan fingerprint density at radius 2 is 1.38 bits per heavy atom. The lowest BCUT2D eigenvalue weighted by molar-refractivity contribution is -0.148. The minimum atomic E-state index is -0.967. The largest absolute Gasteiger partial charge is 0.478 e. The quantitative estimate of drug-likeness (QED) is 0.232. The average Bonchev–Trinajstić information content (AvgIpc) is 2.70. The van der Waals surface area contributed by atoms with Crippen LogP contribution in [0, 0.1) is 11.8 Å². The van der Waals surface area contributed by atoms with E-state index in [1.165, 1.54) is 44.9 Å². The third-order valence-corrected chi connectivity index (χ3v) is 6.28. The Kier molecular flexibility index (Phi) is 13.0. The highest BCUT2D eigenvalue weighted by Crippen LogP contribution is 2.28. The van der Waals surface area contributed by atoms with Crippen molar-refractivity contribution in [3.8, 4) is 0 Å². The standard InChI is InChI=1S/C25H44O4/c1-5-20(4)23(18-12-10-8-6-7-9-11-15-19(2)3)29-25(28)22-17-14-13-16-21(22)24(26)27/h19-20,23H,5-18H2,1-4H3,(H,26,27). The van der Waals surface area contributed by atoms with E-state index in [-0.39, 0.29) is 11.7 Å². The van der Waals surface area contributed by atoms with E-state index in [0.717, 1.165) is 38.0 Å². The third-order valence-electron chi connectivity index (χ3n) is 6.28. The zero-order valence-electron chi connectivity index (χ0n) is 19.3. The van der Waals surface area contributed by atoms with Gasteiger partial charge in [0.25, 0.3) is 0 Å². The van der Waals surface area contributed by atoms with Crippen LogP contribution in [0.3, 0.4) is 0 Å². The second-order valence-electron chi connectivity index (χ2n) is 9.24. The Morgan fingerprint density at radius 1 is 0.862 bits per heavy atom. The molecule has 1 rings (SSSR count). The number of aliphatic carboxylic acids is 1. The van der Waals surface area contributed by atoms with Crippen LogP contribution in [-0.2, 0) is 14.3 Å². The molecule has 29 heavy (non-hydrogen) atoms. The predicted molar refractivity (Wildman–Crippen MR) is 119 cm³/mol. The van der Waals surface area contributed by atoms with Crippen molar-refractivity contribution in [2.75, 3.05) is 0 Å². The Labute approximate surface area is 178 Å². The van der Waals surface area contributed by atoms with E-state index in [2.05, 4.69) is 27.7 Å². The van der Waals surface area contributed by atoms with E-state index in [1.807, 2.05) is 0 Å². The summed E-state index contributed by atoms with van der Waals surface area (Å²) in [5, 5.41) is 9.39. The number of ether oxygens (including phenoxy) is 1. The third kappa shape index (κ3) is 10.3. The number of esters is 1. The number of carboxylic acids is 1. The van der Waals surface area contributed by atoms with Gasteiger partial charge in [0.2, 0.25) is 0 Å². The summed E-state index contributed by atoms with van der Waals surface area (Å²) < 4.78 is 5.84. The zero-order valence-corrected chi connectivity index (χ0v) is 19.3. The van der Waals surface area contributed by atoms with Crippen molar-refractivity contribution in [1.82, 2.24) is 0 Å². The van der Waals surface area contributed by atoms with E-state index in [0.29, 0.717) is 24.3 Å². The summed E-state index contributed by atoms with van der Waals surface area (Å²) in [6, 6.07) is 0. The van der Waals surface area contributed by atoms with Crippen molar-refractivity contribution < 1.29 is 19.4 Å². The molecule has 1 N–H and O–H groups in total. The number of hydrogen-bond donors (Lipinski definition) is 1. The molecule has 0 bridgehead atoms. The maximum Gasteiger partial charge on any atom is 0.334 e. The van der Waals surface area contributed by atoms with Gasteiger partial charge in [0.05, 0.1) is 0 Å². The highest BCUT2D eigenvalue weighted by molar-refractivity contribution is 5.99. The normalized spacial score (nSPS) is 16.7. The molecule has 1 aliphatic carbocycles. The molecule has 0 amide bonds. The summed E-state index contributed by atoms with van der Waals surface area (Å²) in [6.45, 7) is 8.81. The van der Waals surface area contributed by atoms with Gasteiger partial charge in [-0.15, -0.1) is 0 Å². The van der Waals surface area contributed by atoms with Gasteiger partial charge in [-0.1, -0.05) is 79.1 Å². The maximum atomic E-state index is 12.7. The molecule has 0 saturated heterocycles. The lowest BCUT2D eigenvalue weighted by Crippen LogP contribution is -2.27. The molecule has 0 radical (unpaired) electrons. The Hall–Kier alpha value is -1.32. The minimum Gasteiger partial charge on any atom is -0.478 e. The van der Waals surface area contributed by atoms with Gasteiger partial charge >= 0.3 is 11.9 Å². The van der Waals surface area contributed by atoms with Crippen molar-refractivity contribution in [2.24, 2.45) is 11.8 Å². The average molecular weight is 409 g/mol. The summed E-state index contributed by atoms with van der Waals surface area (Å²) >= 11 is 0. The molecule has 2 atom stereocenters. The van der Waals surface area contributed by atoms with Crippen molar-refractivity contribution in [3.05, 3.63) is 11.1 Å². The summed E-state index contributed by atoms with van der Waals surface area (Å²) in [4.78, 5) is 24.1. The van der Waals surface area contributed by atoms with Gasteiger partial charge in [0.15, 0.2) is 0 Å². The zero-order chi connectivity index (χ0) is 21.6. The monoisotopic (exact) mass is 408 g/mol. The van der Waals surface area contributed by atoms with Gasteiger partial charge in [-0.05, 0) is 50.4 Å². The number of unbranched alkanes of at least 4 members (excludes halogenated alkanes) is 6. The summed E-state index contributed by atoms with van der Waals surface area (Å²) in [6.07, 6.45) is 14.6. The Balaban J connectivity index is 2.40. The molecule has 0 spiro atoms.